The van der Waals surface area contributed by atoms with Crippen molar-refractivity contribution in [3.8, 4) is 18.1 Å². The van der Waals surface area contributed by atoms with Gasteiger partial charge in [0.1, 0.15) is 5.75 Å². The molecule has 0 saturated heterocycles. The van der Waals surface area contributed by atoms with Crippen molar-refractivity contribution in [2.24, 2.45) is 0 Å². The molecule has 0 aliphatic rings. The minimum absolute atomic E-state index is 0.320. The van der Waals surface area contributed by atoms with Gasteiger partial charge in [0.25, 0.3) is 0 Å². The Hall–Kier alpha value is -1.46. The van der Waals surface area contributed by atoms with Crippen molar-refractivity contribution < 1.29 is 4.74 Å². The van der Waals surface area contributed by atoms with E-state index in [1.165, 1.54) is 5.56 Å². The monoisotopic (exact) mass is 231 g/mol. The number of rotatable bonds is 7. The van der Waals surface area contributed by atoms with Gasteiger partial charge >= 0.3 is 0 Å². The third-order valence-corrected chi connectivity index (χ3v) is 2.71. The average molecular weight is 231 g/mol. The smallest absolute Gasteiger partial charge is 0.119 e. The molecule has 92 valence electrons. The van der Waals surface area contributed by atoms with Crippen LogP contribution in [0.4, 0.5) is 0 Å². The summed E-state index contributed by atoms with van der Waals surface area (Å²) in [5, 5.41) is 3.52. The Morgan fingerprint density at radius 1 is 1.47 bits per heavy atom. The molecule has 2 heteroatoms. The van der Waals surface area contributed by atoms with Crippen LogP contribution in [0.5, 0.6) is 5.75 Å². The highest BCUT2D eigenvalue weighted by atomic mass is 16.5. The predicted octanol–water partition coefficient (Wildman–Crippen LogP) is 3.15. The molecule has 0 radical (unpaired) electrons. The fourth-order valence-corrected chi connectivity index (χ4v) is 1.79. The van der Waals surface area contributed by atoms with Crippen molar-refractivity contribution in [2.45, 2.75) is 32.2 Å². The number of methoxy groups -OCH3 is 1. The van der Waals surface area contributed by atoms with E-state index in [4.69, 9.17) is 11.2 Å². The second kappa shape index (κ2) is 7.76. The normalized spacial score (nSPS) is 11.8. The van der Waals surface area contributed by atoms with Gasteiger partial charge in [-0.2, -0.15) is 0 Å². The van der Waals surface area contributed by atoms with Crippen molar-refractivity contribution >= 4 is 0 Å². The van der Waals surface area contributed by atoms with Crippen molar-refractivity contribution in [3.63, 3.8) is 0 Å². The van der Waals surface area contributed by atoms with Crippen molar-refractivity contribution in [1.82, 2.24) is 5.32 Å². The molecule has 0 bridgehead atoms. The first-order valence-corrected chi connectivity index (χ1v) is 6.12. The van der Waals surface area contributed by atoms with Gasteiger partial charge in [-0.25, -0.2) is 0 Å². The van der Waals surface area contributed by atoms with Gasteiger partial charge in [0.2, 0.25) is 0 Å². The van der Waals surface area contributed by atoms with Crippen LogP contribution in [0.1, 0.15) is 37.8 Å². The molecule has 1 N–H and O–H groups in total. The summed E-state index contributed by atoms with van der Waals surface area (Å²) >= 11 is 0. The minimum Gasteiger partial charge on any atom is -0.497 e. The van der Waals surface area contributed by atoms with E-state index < -0.39 is 0 Å². The first kappa shape index (κ1) is 13.6. The molecular formula is C15H21NO. The average Bonchev–Trinajstić information content (AvgIpc) is 2.39. The standard InChI is InChI=1S/C15H21NO/c1-4-6-10-15(16-11-5-2)13-8-7-9-14(12-13)17-3/h1,7-9,12,15-16H,5-6,10-11H2,2-3H3. The highest BCUT2D eigenvalue weighted by Crippen LogP contribution is 2.22. The summed E-state index contributed by atoms with van der Waals surface area (Å²) in [6.45, 7) is 3.17. The van der Waals surface area contributed by atoms with Gasteiger partial charge in [-0.05, 0) is 37.1 Å². The highest BCUT2D eigenvalue weighted by molar-refractivity contribution is 5.30. The summed E-state index contributed by atoms with van der Waals surface area (Å²) in [5.41, 5.74) is 1.24. The molecule has 0 amide bonds. The molecule has 0 heterocycles. The summed E-state index contributed by atoms with van der Waals surface area (Å²) in [5.74, 6) is 3.60. The van der Waals surface area contributed by atoms with E-state index in [0.29, 0.717) is 6.04 Å². The molecule has 1 unspecified atom stereocenters. The second-order valence-corrected chi connectivity index (χ2v) is 4.03. The van der Waals surface area contributed by atoms with Crippen LogP contribution in [-0.2, 0) is 0 Å². The Labute approximate surface area is 104 Å². The third-order valence-electron chi connectivity index (χ3n) is 2.71. The van der Waals surface area contributed by atoms with E-state index in [0.717, 1.165) is 31.6 Å². The Bertz CT molecular complexity index is 367. The fourth-order valence-electron chi connectivity index (χ4n) is 1.79. The maximum atomic E-state index is 5.34. The van der Waals surface area contributed by atoms with E-state index in [-0.39, 0.29) is 0 Å². The van der Waals surface area contributed by atoms with E-state index in [9.17, 15) is 0 Å². The summed E-state index contributed by atoms with van der Waals surface area (Å²) < 4.78 is 5.25. The zero-order chi connectivity index (χ0) is 12.5. The zero-order valence-electron chi connectivity index (χ0n) is 10.7. The molecule has 0 spiro atoms. The lowest BCUT2D eigenvalue weighted by molar-refractivity contribution is 0.412. The van der Waals surface area contributed by atoms with Gasteiger partial charge in [0.15, 0.2) is 0 Å². The van der Waals surface area contributed by atoms with Crippen molar-refractivity contribution in [2.75, 3.05) is 13.7 Å². The minimum atomic E-state index is 0.320. The molecular weight excluding hydrogens is 210 g/mol. The number of terminal acetylenes is 1. The van der Waals surface area contributed by atoms with Gasteiger partial charge in [0, 0.05) is 12.5 Å². The number of nitrogens with one attached hydrogen (secondary N) is 1. The quantitative estimate of drug-likeness (QED) is 0.728. The summed E-state index contributed by atoms with van der Waals surface area (Å²) in [6, 6.07) is 8.49. The maximum absolute atomic E-state index is 5.34. The van der Waals surface area contributed by atoms with Crippen LogP contribution in [0.2, 0.25) is 0 Å². The van der Waals surface area contributed by atoms with E-state index in [1.54, 1.807) is 7.11 Å². The first-order chi connectivity index (χ1) is 8.31. The van der Waals surface area contributed by atoms with Gasteiger partial charge in [-0.3, -0.25) is 0 Å². The van der Waals surface area contributed by atoms with Crippen LogP contribution in [0.3, 0.4) is 0 Å². The van der Waals surface area contributed by atoms with Crippen LogP contribution >= 0.6 is 0 Å². The molecule has 2 nitrogen and oxygen atoms in total. The Balaban J connectivity index is 2.75. The molecule has 1 atom stereocenters. The summed E-state index contributed by atoms with van der Waals surface area (Å²) in [4.78, 5) is 0. The van der Waals surface area contributed by atoms with Crippen LogP contribution in [0.15, 0.2) is 24.3 Å². The summed E-state index contributed by atoms with van der Waals surface area (Å²) in [6.07, 6.45) is 8.21. The molecule has 1 rings (SSSR count). The molecule has 0 aliphatic carbocycles. The van der Waals surface area contributed by atoms with E-state index >= 15 is 0 Å². The van der Waals surface area contributed by atoms with Gasteiger partial charge in [-0.15, -0.1) is 12.3 Å². The molecule has 1 aromatic carbocycles. The first-order valence-electron chi connectivity index (χ1n) is 6.12. The molecule has 0 fully saturated rings. The molecule has 17 heavy (non-hydrogen) atoms. The number of benzene rings is 1. The van der Waals surface area contributed by atoms with Gasteiger partial charge in [0.05, 0.1) is 7.11 Å². The lowest BCUT2D eigenvalue weighted by Crippen LogP contribution is -2.22. The topological polar surface area (TPSA) is 21.3 Å². The van der Waals surface area contributed by atoms with Gasteiger partial charge in [-0.1, -0.05) is 19.1 Å². The molecule has 1 aromatic rings. The second-order valence-electron chi connectivity index (χ2n) is 4.03. The van der Waals surface area contributed by atoms with E-state index in [2.05, 4.69) is 30.3 Å². The number of ether oxygens (including phenoxy) is 1. The number of hydrogen-bond donors (Lipinski definition) is 1. The lowest BCUT2D eigenvalue weighted by atomic mass is 10.0. The zero-order valence-corrected chi connectivity index (χ0v) is 10.7. The largest absolute Gasteiger partial charge is 0.497 e. The lowest BCUT2D eigenvalue weighted by Gasteiger charge is -2.18. The Morgan fingerprint density at radius 2 is 2.29 bits per heavy atom. The van der Waals surface area contributed by atoms with Crippen molar-refractivity contribution in [1.29, 1.82) is 0 Å². The predicted molar refractivity (Wildman–Crippen MR) is 72.1 cm³/mol. The number of hydrogen-bond acceptors (Lipinski definition) is 2. The third kappa shape index (κ3) is 4.50. The Kier molecular flexibility index (Phi) is 6.21. The highest BCUT2D eigenvalue weighted by Gasteiger charge is 2.10. The Morgan fingerprint density at radius 3 is 2.94 bits per heavy atom. The van der Waals surface area contributed by atoms with Crippen LogP contribution < -0.4 is 10.1 Å². The summed E-state index contributed by atoms with van der Waals surface area (Å²) in [7, 11) is 1.69. The van der Waals surface area contributed by atoms with Crippen LogP contribution in [0.25, 0.3) is 0 Å². The molecule has 0 aliphatic heterocycles. The van der Waals surface area contributed by atoms with Crippen molar-refractivity contribution in [3.05, 3.63) is 29.8 Å². The SMILES string of the molecule is C#CCCC(NCCC)c1cccc(OC)c1. The molecule has 0 saturated carbocycles. The van der Waals surface area contributed by atoms with Crippen LogP contribution in [0, 0.1) is 12.3 Å². The maximum Gasteiger partial charge on any atom is 0.119 e. The molecule has 0 aromatic heterocycles. The van der Waals surface area contributed by atoms with E-state index in [1.807, 2.05) is 12.1 Å². The fraction of sp³-hybridized carbons (Fsp3) is 0.467. The van der Waals surface area contributed by atoms with Crippen LogP contribution in [-0.4, -0.2) is 13.7 Å². The van der Waals surface area contributed by atoms with Gasteiger partial charge < -0.3 is 10.1 Å².